The Kier molecular flexibility index (Phi) is 11.4. The molecule has 4 atom stereocenters. The van der Waals surface area contributed by atoms with Gasteiger partial charge in [-0.15, -0.1) is 0 Å². The number of nitrogens with zero attached hydrogens (tertiary/aromatic N) is 4. The van der Waals surface area contributed by atoms with Crippen LogP contribution in [-0.2, 0) is 25.5 Å². The van der Waals surface area contributed by atoms with Crippen LogP contribution in [0.2, 0.25) is 0 Å². The lowest BCUT2D eigenvalue weighted by Gasteiger charge is -2.29. The van der Waals surface area contributed by atoms with Crippen molar-refractivity contribution in [2.75, 3.05) is 20.2 Å². The minimum Gasteiger partial charge on any atom is -0.453 e. The Morgan fingerprint density at radius 1 is 0.783 bits per heavy atom. The molecule has 2 fully saturated rings. The first-order valence-corrected chi connectivity index (χ1v) is 20.4. The third kappa shape index (κ3) is 8.20. The van der Waals surface area contributed by atoms with Crippen molar-refractivity contribution in [2.24, 2.45) is 11.7 Å². The van der Waals surface area contributed by atoms with Gasteiger partial charge in [-0.3, -0.25) is 9.59 Å². The number of imidazole rings is 2. The van der Waals surface area contributed by atoms with Crippen molar-refractivity contribution in [3.63, 3.8) is 0 Å². The number of H-pyrrole nitrogens is 3. The van der Waals surface area contributed by atoms with Gasteiger partial charge in [0.25, 0.3) is 5.91 Å². The van der Waals surface area contributed by atoms with E-state index in [1.807, 2.05) is 73.5 Å². The molecule has 2 saturated heterocycles. The molecule has 3 aromatic carbocycles. The van der Waals surface area contributed by atoms with Crippen LogP contribution in [0.25, 0.3) is 44.5 Å². The van der Waals surface area contributed by atoms with Crippen molar-refractivity contribution >= 4 is 34.9 Å². The monoisotopic (exact) mass is 811 g/mol. The maximum absolute atomic E-state index is 14.1. The number of alkyl carbamates (subject to hydrolysis) is 1. The molecule has 15 heteroatoms. The second-order valence-corrected chi connectivity index (χ2v) is 15.8. The summed E-state index contributed by atoms with van der Waals surface area (Å²) in [4.78, 5) is 74.5. The number of fused-ring (bicyclic) bond motifs is 1. The summed E-state index contributed by atoms with van der Waals surface area (Å²) in [5, 5.41) is 3.78. The molecule has 0 bridgehead atoms. The van der Waals surface area contributed by atoms with Crippen LogP contribution in [0.15, 0.2) is 91.4 Å². The Morgan fingerprint density at radius 3 is 1.85 bits per heavy atom. The van der Waals surface area contributed by atoms with Crippen molar-refractivity contribution in [1.82, 2.24) is 40.0 Å². The highest BCUT2D eigenvalue weighted by Crippen LogP contribution is 2.35. The molecular formula is C45H49N9O6. The number of aromatic nitrogens is 5. The zero-order chi connectivity index (χ0) is 41.9. The number of methoxy groups -OCH3 is 1. The van der Waals surface area contributed by atoms with Crippen molar-refractivity contribution in [1.29, 1.82) is 0 Å². The van der Waals surface area contributed by atoms with Crippen molar-refractivity contribution in [2.45, 2.75) is 70.2 Å². The second kappa shape index (κ2) is 17.1. The average molecular weight is 812 g/mol. The largest absolute Gasteiger partial charge is 0.453 e. The fourth-order valence-corrected chi connectivity index (χ4v) is 8.50. The van der Waals surface area contributed by atoms with Gasteiger partial charge in [-0.1, -0.05) is 80.6 Å². The molecule has 5 heterocycles. The number of hydrogen-bond acceptors (Lipinski definition) is 8. The molecule has 6 aromatic rings. The molecule has 2 aliphatic rings. The molecule has 8 rings (SSSR count). The Morgan fingerprint density at radius 2 is 1.32 bits per heavy atom. The number of benzene rings is 3. The number of primary amides is 1. The molecule has 0 spiro atoms. The Hall–Kier alpha value is -6.90. The minimum atomic E-state index is -0.965. The SMILES string of the molecule is COC(=O)N[C@@H](Cc1c[nH]c2ccccc12)C(=O)N1CCCC1c1ncc(-c2ccc(-c3ccc(-c4cnc([C@@H]5CCCN5C(=O)[C@@H](OC(N)=O)C(C)C)[nH]4)cc3)cc2)[nH]1. The van der Waals surface area contributed by atoms with Gasteiger partial charge in [0, 0.05) is 36.6 Å². The van der Waals surface area contributed by atoms with Gasteiger partial charge in [-0.2, -0.15) is 0 Å². The van der Waals surface area contributed by atoms with E-state index in [1.54, 1.807) is 17.3 Å². The van der Waals surface area contributed by atoms with E-state index in [0.29, 0.717) is 31.2 Å². The Bertz CT molecular complexity index is 2490. The highest BCUT2D eigenvalue weighted by molar-refractivity contribution is 5.89. The molecule has 0 saturated carbocycles. The van der Waals surface area contributed by atoms with E-state index in [9.17, 15) is 19.2 Å². The molecule has 0 radical (unpaired) electrons. The topological polar surface area (TPSA) is 204 Å². The van der Waals surface area contributed by atoms with Gasteiger partial charge in [0.15, 0.2) is 6.10 Å². The third-order valence-electron chi connectivity index (χ3n) is 11.6. The molecule has 6 N–H and O–H groups in total. The highest BCUT2D eigenvalue weighted by Gasteiger charge is 2.39. The second-order valence-electron chi connectivity index (χ2n) is 15.8. The molecule has 0 aliphatic carbocycles. The number of hydrogen-bond donors (Lipinski definition) is 5. The molecule has 310 valence electrons. The molecule has 60 heavy (non-hydrogen) atoms. The molecular weight excluding hydrogens is 763 g/mol. The maximum Gasteiger partial charge on any atom is 0.407 e. The van der Waals surface area contributed by atoms with Crippen LogP contribution in [0.1, 0.15) is 68.8 Å². The van der Waals surface area contributed by atoms with Crippen LogP contribution in [-0.4, -0.2) is 91.1 Å². The Balaban J connectivity index is 0.925. The van der Waals surface area contributed by atoms with Gasteiger partial charge >= 0.3 is 12.2 Å². The van der Waals surface area contributed by atoms with E-state index in [1.165, 1.54) is 7.11 Å². The first-order chi connectivity index (χ1) is 29.1. The van der Waals surface area contributed by atoms with Crippen LogP contribution in [0.5, 0.6) is 0 Å². The predicted octanol–water partition coefficient (Wildman–Crippen LogP) is 7.03. The van der Waals surface area contributed by atoms with Crippen molar-refractivity contribution in [3.8, 4) is 33.6 Å². The van der Waals surface area contributed by atoms with Crippen LogP contribution in [0, 0.1) is 5.92 Å². The summed E-state index contributed by atoms with van der Waals surface area (Å²) in [5.74, 6) is 0.714. The molecule has 3 aromatic heterocycles. The molecule has 4 amide bonds. The number of amides is 4. The summed E-state index contributed by atoms with van der Waals surface area (Å²) in [6.45, 7) is 4.75. The van der Waals surface area contributed by atoms with Gasteiger partial charge in [0.1, 0.15) is 17.7 Å². The summed E-state index contributed by atoms with van der Waals surface area (Å²) >= 11 is 0. The highest BCUT2D eigenvalue weighted by atomic mass is 16.6. The molecule has 15 nitrogen and oxygen atoms in total. The van der Waals surface area contributed by atoms with E-state index in [2.05, 4.69) is 49.5 Å². The summed E-state index contributed by atoms with van der Waals surface area (Å²) in [7, 11) is 1.29. The van der Waals surface area contributed by atoms with E-state index in [-0.39, 0.29) is 29.8 Å². The number of ether oxygens (including phenoxy) is 2. The van der Waals surface area contributed by atoms with Gasteiger partial charge in [0.05, 0.1) is 43.0 Å². The van der Waals surface area contributed by atoms with Gasteiger partial charge in [0.2, 0.25) is 5.91 Å². The number of rotatable bonds is 12. The zero-order valence-electron chi connectivity index (χ0n) is 33.8. The lowest BCUT2D eigenvalue weighted by molar-refractivity contribution is -0.143. The summed E-state index contributed by atoms with van der Waals surface area (Å²) in [5.41, 5.74) is 12.8. The van der Waals surface area contributed by atoms with Gasteiger partial charge in [-0.05, 0) is 65.5 Å². The van der Waals surface area contributed by atoms with Crippen LogP contribution < -0.4 is 11.1 Å². The fourth-order valence-electron chi connectivity index (χ4n) is 8.50. The van der Waals surface area contributed by atoms with Crippen LogP contribution in [0.4, 0.5) is 9.59 Å². The number of likely N-dealkylation sites (tertiary alicyclic amines) is 2. The third-order valence-corrected chi connectivity index (χ3v) is 11.6. The predicted molar refractivity (Wildman–Crippen MR) is 225 cm³/mol. The normalized spacial score (nSPS) is 17.5. The zero-order valence-corrected chi connectivity index (χ0v) is 33.8. The number of nitrogens with two attached hydrogens (primary N) is 1. The van der Waals surface area contributed by atoms with Gasteiger partial charge in [-0.25, -0.2) is 19.6 Å². The average Bonchev–Trinajstić information content (AvgIpc) is 4.12. The van der Waals surface area contributed by atoms with Crippen LogP contribution in [0.3, 0.4) is 0 Å². The van der Waals surface area contributed by atoms with Gasteiger partial charge < -0.3 is 45.3 Å². The first kappa shape index (κ1) is 39.9. The number of para-hydroxylation sites is 1. The van der Waals surface area contributed by atoms with E-state index >= 15 is 0 Å². The lowest BCUT2D eigenvalue weighted by Crippen LogP contribution is -2.49. The summed E-state index contributed by atoms with van der Waals surface area (Å²) in [6, 6.07) is 23.0. The number of aromatic amines is 3. The number of carbonyl (C=O) groups excluding carboxylic acids is 4. The maximum atomic E-state index is 14.1. The van der Waals surface area contributed by atoms with E-state index < -0.39 is 24.3 Å². The molecule has 1 unspecified atom stereocenters. The fraction of sp³-hybridized carbons (Fsp3) is 0.333. The minimum absolute atomic E-state index is 0.185. The van der Waals surface area contributed by atoms with E-state index in [0.717, 1.165) is 75.8 Å². The van der Waals surface area contributed by atoms with E-state index in [4.69, 9.17) is 20.2 Å². The number of carbonyl (C=O) groups is 4. The quantitative estimate of drug-likeness (QED) is 0.0866. The summed E-state index contributed by atoms with van der Waals surface area (Å²) in [6.07, 6.45) is 6.32. The first-order valence-electron chi connectivity index (χ1n) is 20.4. The summed E-state index contributed by atoms with van der Waals surface area (Å²) < 4.78 is 10.1. The van der Waals surface area contributed by atoms with Crippen molar-refractivity contribution in [3.05, 3.63) is 109 Å². The Labute approximate surface area is 347 Å². The van der Waals surface area contributed by atoms with Crippen LogP contribution >= 0.6 is 0 Å². The standard InChI is InChI=1S/C45H49N9O6/c1-26(2)39(60-44(46)57)43(56)54-21-7-11-38(54)41-49-25-36(51-41)30-18-14-28(15-19-30)27-12-16-29(17-13-27)35-24-48-40(50-35)37-10-6-20-53(37)42(55)34(52-45(58)59-3)22-31-23-47-33-9-5-4-8-32(31)33/h4-5,8-9,12-19,23-26,34,37-39,47H,6-7,10-11,20-22H2,1-3H3,(H2,46,57)(H,48,50)(H,49,51)(H,52,58)/t34-,37?,38-,39-/m0/s1. The van der Waals surface area contributed by atoms with Crippen molar-refractivity contribution < 1.29 is 28.7 Å². The smallest absolute Gasteiger partial charge is 0.407 e. The lowest BCUT2D eigenvalue weighted by atomic mass is 10.0. The molecule has 2 aliphatic heterocycles. The number of nitrogens with one attached hydrogen (secondary N) is 4.